The Hall–Kier alpha value is -1.81. The number of anilines is 2. The van der Waals surface area contributed by atoms with E-state index in [1.165, 1.54) is 13.3 Å². The molecular formula is C17H27N3O5S2. The van der Waals surface area contributed by atoms with Crippen molar-refractivity contribution in [2.24, 2.45) is 0 Å². The molecule has 1 amide bonds. The summed E-state index contributed by atoms with van der Waals surface area (Å²) in [6, 6.07) is 7.07. The lowest BCUT2D eigenvalue weighted by Crippen LogP contribution is -2.35. The van der Waals surface area contributed by atoms with Crippen molar-refractivity contribution in [2.75, 3.05) is 46.5 Å². The molecule has 2 N–H and O–H groups in total. The van der Waals surface area contributed by atoms with Crippen LogP contribution in [0.5, 0.6) is 0 Å². The van der Waals surface area contributed by atoms with Crippen molar-refractivity contribution in [3.05, 3.63) is 24.3 Å². The topological polar surface area (TPSA) is 113 Å². The summed E-state index contributed by atoms with van der Waals surface area (Å²) in [4.78, 5) is 14.0. The van der Waals surface area contributed by atoms with Crippen molar-refractivity contribution in [3.8, 4) is 0 Å². The van der Waals surface area contributed by atoms with Gasteiger partial charge in [0.05, 0.1) is 5.75 Å². The summed E-state index contributed by atoms with van der Waals surface area (Å²) in [7, 11) is -7.07. The van der Waals surface area contributed by atoms with Gasteiger partial charge in [0, 0.05) is 36.8 Å². The molecule has 1 fully saturated rings. The molecule has 8 nitrogen and oxygen atoms in total. The highest BCUT2D eigenvalue weighted by Gasteiger charge is 2.18. The highest BCUT2D eigenvalue weighted by atomic mass is 32.2. The maximum Gasteiger partial charge on any atom is 0.241 e. The molecule has 0 bridgehead atoms. The molecule has 152 valence electrons. The van der Waals surface area contributed by atoms with Gasteiger partial charge < -0.3 is 10.2 Å². The maximum absolute atomic E-state index is 12.1. The van der Waals surface area contributed by atoms with Crippen LogP contribution < -0.4 is 14.9 Å². The second-order valence-corrected chi connectivity index (χ2v) is 10.7. The van der Waals surface area contributed by atoms with Gasteiger partial charge in [-0.05, 0) is 43.5 Å². The van der Waals surface area contributed by atoms with Crippen molar-refractivity contribution >= 4 is 37.1 Å². The zero-order chi connectivity index (χ0) is 19.9. The molecule has 1 heterocycles. The molecule has 10 heteroatoms. The first-order valence-electron chi connectivity index (χ1n) is 9.03. The number of carbonyl (C=O) groups excluding carboxylic acids is 1. The Balaban J connectivity index is 1.85. The standard InChI is InChI=1S/C17H27N3O5S2/c1-2-26(22,23)13-10-18-17(21)14-27(24,25)19-15-6-8-16(9-7-15)20-11-4-3-5-12-20/h6-9,19H,2-5,10-14H2,1H3,(H,18,21). The van der Waals surface area contributed by atoms with Gasteiger partial charge in [0.25, 0.3) is 0 Å². The second kappa shape index (κ2) is 9.41. The van der Waals surface area contributed by atoms with Crippen molar-refractivity contribution in [2.45, 2.75) is 26.2 Å². The number of benzene rings is 1. The van der Waals surface area contributed by atoms with Gasteiger partial charge in [-0.15, -0.1) is 0 Å². The minimum Gasteiger partial charge on any atom is -0.372 e. The Morgan fingerprint density at radius 1 is 1.04 bits per heavy atom. The number of nitrogens with one attached hydrogen (secondary N) is 2. The van der Waals surface area contributed by atoms with E-state index in [0.29, 0.717) is 5.69 Å². The lowest BCUT2D eigenvalue weighted by Gasteiger charge is -2.28. The molecule has 0 radical (unpaired) electrons. The monoisotopic (exact) mass is 417 g/mol. The fourth-order valence-electron chi connectivity index (χ4n) is 2.82. The van der Waals surface area contributed by atoms with Crippen LogP contribution in [0.2, 0.25) is 0 Å². The number of sulfone groups is 1. The van der Waals surface area contributed by atoms with Crippen molar-refractivity contribution < 1.29 is 21.6 Å². The van der Waals surface area contributed by atoms with E-state index in [0.717, 1.165) is 31.6 Å². The third-order valence-corrected chi connectivity index (χ3v) is 7.25. The Morgan fingerprint density at radius 2 is 1.67 bits per heavy atom. The molecule has 1 aromatic carbocycles. The first-order chi connectivity index (χ1) is 12.7. The predicted molar refractivity (Wildman–Crippen MR) is 107 cm³/mol. The Kier molecular flexibility index (Phi) is 7.49. The van der Waals surface area contributed by atoms with Crippen LogP contribution in [0.25, 0.3) is 0 Å². The van der Waals surface area contributed by atoms with E-state index in [-0.39, 0.29) is 18.1 Å². The third-order valence-electron chi connectivity index (χ3n) is 4.36. The Bertz CT molecular complexity index is 830. The zero-order valence-corrected chi connectivity index (χ0v) is 17.1. The molecule has 0 spiro atoms. The van der Waals surface area contributed by atoms with Crippen LogP contribution in [-0.2, 0) is 24.7 Å². The molecule has 0 atom stereocenters. The first-order valence-corrected chi connectivity index (χ1v) is 12.5. The van der Waals surface area contributed by atoms with Gasteiger partial charge in [0.15, 0.2) is 9.84 Å². The van der Waals surface area contributed by atoms with E-state index in [2.05, 4.69) is 14.9 Å². The van der Waals surface area contributed by atoms with Crippen LogP contribution in [0.4, 0.5) is 11.4 Å². The smallest absolute Gasteiger partial charge is 0.241 e. The number of sulfonamides is 1. The van der Waals surface area contributed by atoms with Crippen LogP contribution >= 0.6 is 0 Å². The molecule has 1 aliphatic rings. The summed E-state index contributed by atoms with van der Waals surface area (Å²) in [5.41, 5.74) is 1.43. The summed E-state index contributed by atoms with van der Waals surface area (Å²) in [5.74, 6) is -1.72. The minimum atomic E-state index is -3.87. The normalized spacial score (nSPS) is 15.4. The lowest BCUT2D eigenvalue weighted by atomic mass is 10.1. The number of rotatable bonds is 9. The van der Waals surface area contributed by atoms with Crippen molar-refractivity contribution in [1.29, 1.82) is 0 Å². The maximum atomic E-state index is 12.1. The van der Waals surface area contributed by atoms with Crippen molar-refractivity contribution in [3.63, 3.8) is 0 Å². The van der Waals surface area contributed by atoms with Gasteiger partial charge in [0.1, 0.15) is 5.75 Å². The van der Waals surface area contributed by atoms with Gasteiger partial charge in [0.2, 0.25) is 15.9 Å². The summed E-state index contributed by atoms with van der Waals surface area (Å²) in [6.45, 7) is 3.41. The van der Waals surface area contributed by atoms with Gasteiger partial charge in [-0.1, -0.05) is 6.92 Å². The Morgan fingerprint density at radius 3 is 2.26 bits per heavy atom. The number of nitrogens with zero attached hydrogens (tertiary/aromatic N) is 1. The van der Waals surface area contributed by atoms with E-state index >= 15 is 0 Å². The van der Waals surface area contributed by atoms with Gasteiger partial charge >= 0.3 is 0 Å². The number of hydrogen-bond donors (Lipinski definition) is 2. The van der Waals surface area contributed by atoms with E-state index < -0.39 is 31.5 Å². The van der Waals surface area contributed by atoms with Crippen LogP contribution in [0.1, 0.15) is 26.2 Å². The summed E-state index contributed by atoms with van der Waals surface area (Å²) < 4.78 is 49.3. The molecule has 2 rings (SSSR count). The van der Waals surface area contributed by atoms with Crippen LogP contribution in [0.15, 0.2) is 24.3 Å². The van der Waals surface area contributed by atoms with Crippen LogP contribution in [0, 0.1) is 0 Å². The molecule has 0 unspecified atom stereocenters. The van der Waals surface area contributed by atoms with E-state index in [9.17, 15) is 21.6 Å². The average molecular weight is 418 g/mol. The minimum absolute atomic E-state index is 0.0177. The van der Waals surface area contributed by atoms with Gasteiger partial charge in [-0.2, -0.15) is 0 Å². The number of hydrogen-bond acceptors (Lipinski definition) is 6. The van der Waals surface area contributed by atoms with E-state index in [4.69, 9.17) is 0 Å². The predicted octanol–water partition coefficient (Wildman–Crippen LogP) is 0.970. The summed E-state index contributed by atoms with van der Waals surface area (Å²) in [5, 5.41) is 2.32. The fraction of sp³-hybridized carbons (Fsp3) is 0.588. The number of amides is 1. The largest absolute Gasteiger partial charge is 0.372 e. The SMILES string of the molecule is CCS(=O)(=O)CCNC(=O)CS(=O)(=O)Nc1ccc(N2CCCCC2)cc1. The molecule has 1 saturated heterocycles. The molecular weight excluding hydrogens is 390 g/mol. The average Bonchev–Trinajstić information content (AvgIpc) is 2.62. The second-order valence-electron chi connectivity index (χ2n) is 6.54. The molecule has 0 saturated carbocycles. The molecule has 27 heavy (non-hydrogen) atoms. The van der Waals surface area contributed by atoms with Gasteiger partial charge in [-0.25, -0.2) is 16.8 Å². The number of piperidine rings is 1. The molecule has 1 aromatic rings. The fourth-order valence-corrected chi connectivity index (χ4v) is 4.54. The molecule has 0 aliphatic carbocycles. The van der Waals surface area contributed by atoms with Gasteiger partial charge in [-0.3, -0.25) is 9.52 Å². The quantitative estimate of drug-likeness (QED) is 0.619. The molecule has 0 aromatic heterocycles. The Labute approximate surface area is 161 Å². The summed E-state index contributed by atoms with van der Waals surface area (Å²) >= 11 is 0. The lowest BCUT2D eigenvalue weighted by molar-refractivity contribution is -0.118. The van der Waals surface area contributed by atoms with Crippen LogP contribution in [0.3, 0.4) is 0 Å². The van der Waals surface area contributed by atoms with E-state index in [1.54, 1.807) is 12.1 Å². The van der Waals surface area contributed by atoms with E-state index in [1.807, 2.05) is 12.1 Å². The molecule has 1 aliphatic heterocycles. The third kappa shape index (κ3) is 7.37. The summed E-state index contributed by atoms with van der Waals surface area (Å²) in [6.07, 6.45) is 3.55. The number of carbonyl (C=O) groups is 1. The van der Waals surface area contributed by atoms with Crippen LogP contribution in [-0.4, -0.2) is 59.6 Å². The highest BCUT2D eigenvalue weighted by Crippen LogP contribution is 2.22. The first kappa shape index (κ1) is 21.5. The highest BCUT2D eigenvalue weighted by molar-refractivity contribution is 7.93. The van der Waals surface area contributed by atoms with Crippen molar-refractivity contribution in [1.82, 2.24) is 5.32 Å². The zero-order valence-electron chi connectivity index (χ0n) is 15.5.